The standard InChI is InChI=1S/C11H13N3OS/c1-8-4-3-5-9(6-8)15-7-10-12-13-11(16)14(10)2/h3-6H,7H2,1-2H3,(H,13,16)/p-1. The highest BCUT2D eigenvalue weighted by Gasteiger charge is 2.02. The molecule has 1 aromatic heterocycles. The molecule has 5 heteroatoms. The Labute approximate surface area is 99.7 Å². The molecule has 84 valence electrons. The molecule has 16 heavy (non-hydrogen) atoms. The molecule has 2 aromatic rings. The molecule has 0 unspecified atom stereocenters. The third-order valence-corrected chi connectivity index (χ3v) is 2.64. The Kier molecular flexibility index (Phi) is 3.05. The van der Waals surface area contributed by atoms with Crippen molar-refractivity contribution in [2.24, 2.45) is 7.05 Å². The van der Waals surface area contributed by atoms with Gasteiger partial charge in [-0.3, -0.25) is 0 Å². The molecule has 0 aliphatic carbocycles. The van der Waals surface area contributed by atoms with Gasteiger partial charge in [-0.2, -0.15) is 5.10 Å². The van der Waals surface area contributed by atoms with Crippen molar-refractivity contribution in [1.82, 2.24) is 14.8 Å². The van der Waals surface area contributed by atoms with Crippen LogP contribution in [0.15, 0.2) is 29.4 Å². The van der Waals surface area contributed by atoms with Crippen molar-refractivity contribution >= 4 is 12.6 Å². The molecule has 0 aliphatic rings. The van der Waals surface area contributed by atoms with Gasteiger partial charge < -0.3 is 21.9 Å². The molecule has 0 saturated carbocycles. The highest BCUT2D eigenvalue weighted by atomic mass is 32.1. The first-order chi connectivity index (χ1) is 7.66. The zero-order valence-corrected chi connectivity index (χ0v) is 9.99. The Morgan fingerprint density at radius 3 is 2.81 bits per heavy atom. The lowest BCUT2D eigenvalue weighted by Crippen LogP contribution is -2.04. The SMILES string of the molecule is Cc1cccc(OCc2nnc([S-])n2C)c1. The topological polar surface area (TPSA) is 39.9 Å². The maximum atomic E-state index is 5.60. The molecule has 0 aliphatic heterocycles. The number of ether oxygens (including phenoxy) is 1. The zero-order valence-electron chi connectivity index (χ0n) is 9.17. The lowest BCUT2D eigenvalue weighted by molar-refractivity contribution is 0.290. The van der Waals surface area contributed by atoms with E-state index in [1.807, 2.05) is 38.2 Å². The van der Waals surface area contributed by atoms with Crippen LogP contribution in [0.3, 0.4) is 0 Å². The third-order valence-electron chi connectivity index (χ3n) is 2.28. The Morgan fingerprint density at radius 1 is 1.38 bits per heavy atom. The number of benzene rings is 1. The number of aryl methyl sites for hydroxylation is 1. The van der Waals surface area contributed by atoms with E-state index in [0.29, 0.717) is 11.8 Å². The van der Waals surface area contributed by atoms with E-state index in [1.165, 1.54) is 5.56 Å². The molecule has 0 amide bonds. The minimum Gasteiger partial charge on any atom is -0.740 e. The van der Waals surface area contributed by atoms with Crippen LogP contribution in [-0.2, 0) is 26.3 Å². The normalized spacial score (nSPS) is 10.4. The summed E-state index contributed by atoms with van der Waals surface area (Å²) in [5.41, 5.74) is 1.17. The van der Waals surface area contributed by atoms with Crippen LogP contribution in [-0.4, -0.2) is 14.8 Å². The number of nitrogens with zero attached hydrogens (tertiary/aromatic N) is 3. The van der Waals surface area contributed by atoms with Gasteiger partial charge in [0.2, 0.25) is 0 Å². The Morgan fingerprint density at radius 2 is 2.19 bits per heavy atom. The van der Waals surface area contributed by atoms with Gasteiger partial charge in [0, 0.05) is 12.2 Å². The molecule has 0 bridgehead atoms. The summed E-state index contributed by atoms with van der Waals surface area (Å²) in [5, 5.41) is 8.21. The van der Waals surface area contributed by atoms with Crippen LogP contribution in [0.1, 0.15) is 11.4 Å². The highest BCUT2D eigenvalue weighted by Crippen LogP contribution is 2.13. The summed E-state index contributed by atoms with van der Waals surface area (Å²) >= 11 is 4.96. The van der Waals surface area contributed by atoms with Gasteiger partial charge in [0.25, 0.3) is 0 Å². The second-order valence-electron chi connectivity index (χ2n) is 3.56. The van der Waals surface area contributed by atoms with Gasteiger partial charge >= 0.3 is 0 Å². The molecule has 0 fully saturated rings. The van der Waals surface area contributed by atoms with Gasteiger partial charge in [-0.25, -0.2) is 0 Å². The van der Waals surface area contributed by atoms with Gasteiger partial charge in [-0.05, 0) is 24.6 Å². The highest BCUT2D eigenvalue weighted by molar-refractivity contribution is 7.58. The summed E-state index contributed by atoms with van der Waals surface area (Å²) in [6.45, 7) is 2.40. The van der Waals surface area contributed by atoms with E-state index in [9.17, 15) is 0 Å². The van der Waals surface area contributed by atoms with Crippen LogP contribution in [0.2, 0.25) is 0 Å². The smallest absolute Gasteiger partial charge is 0.169 e. The van der Waals surface area contributed by atoms with Gasteiger partial charge in [0.05, 0.1) is 0 Å². The van der Waals surface area contributed by atoms with Crippen molar-refractivity contribution in [1.29, 1.82) is 0 Å². The second-order valence-corrected chi connectivity index (χ2v) is 3.93. The van der Waals surface area contributed by atoms with E-state index in [0.717, 1.165) is 11.6 Å². The maximum Gasteiger partial charge on any atom is 0.169 e. The van der Waals surface area contributed by atoms with Crippen LogP contribution in [0.5, 0.6) is 5.75 Å². The molecule has 1 aromatic carbocycles. The summed E-state index contributed by atoms with van der Waals surface area (Å²) in [5.74, 6) is 1.56. The first kappa shape index (κ1) is 10.9. The summed E-state index contributed by atoms with van der Waals surface area (Å²) < 4.78 is 7.34. The van der Waals surface area contributed by atoms with Crippen molar-refractivity contribution in [2.75, 3.05) is 0 Å². The molecule has 0 N–H and O–H groups in total. The molecule has 0 spiro atoms. The fraction of sp³-hybridized carbons (Fsp3) is 0.273. The van der Waals surface area contributed by atoms with Crippen LogP contribution in [0.4, 0.5) is 0 Å². The van der Waals surface area contributed by atoms with Crippen LogP contribution < -0.4 is 4.74 Å². The number of rotatable bonds is 3. The summed E-state index contributed by atoms with van der Waals surface area (Å²) in [7, 11) is 1.83. The average Bonchev–Trinajstić information content (AvgIpc) is 2.57. The Balaban J connectivity index is 2.05. The number of hydrogen-bond acceptors (Lipinski definition) is 4. The molecule has 0 saturated heterocycles. The van der Waals surface area contributed by atoms with Crippen molar-refractivity contribution in [3.63, 3.8) is 0 Å². The molecule has 2 rings (SSSR count). The number of aromatic nitrogens is 3. The van der Waals surface area contributed by atoms with E-state index >= 15 is 0 Å². The zero-order chi connectivity index (χ0) is 11.5. The van der Waals surface area contributed by atoms with Crippen LogP contribution in [0, 0.1) is 6.92 Å². The minimum absolute atomic E-state index is 0.379. The Bertz CT molecular complexity index is 496. The van der Waals surface area contributed by atoms with Gasteiger partial charge in [0.15, 0.2) is 5.82 Å². The molecular formula is C11H12N3OS-. The molecular weight excluding hydrogens is 222 g/mol. The van der Waals surface area contributed by atoms with E-state index in [4.69, 9.17) is 17.4 Å². The average molecular weight is 234 g/mol. The monoisotopic (exact) mass is 234 g/mol. The predicted octanol–water partition coefficient (Wildman–Crippen LogP) is 1.61. The van der Waals surface area contributed by atoms with Crippen molar-refractivity contribution in [3.8, 4) is 5.75 Å². The Hall–Kier alpha value is -1.62. The van der Waals surface area contributed by atoms with E-state index in [1.54, 1.807) is 4.57 Å². The van der Waals surface area contributed by atoms with E-state index in [2.05, 4.69) is 10.2 Å². The third kappa shape index (κ3) is 2.30. The predicted molar refractivity (Wildman–Crippen MR) is 62.1 cm³/mol. The number of hydrogen-bond donors (Lipinski definition) is 0. The molecule has 4 nitrogen and oxygen atoms in total. The lowest BCUT2D eigenvalue weighted by atomic mass is 10.2. The fourth-order valence-corrected chi connectivity index (χ4v) is 1.47. The van der Waals surface area contributed by atoms with Gasteiger partial charge in [-0.1, -0.05) is 12.1 Å². The quantitative estimate of drug-likeness (QED) is 0.756. The first-order valence-electron chi connectivity index (χ1n) is 4.91. The van der Waals surface area contributed by atoms with Crippen molar-refractivity contribution < 1.29 is 4.74 Å². The fourth-order valence-electron chi connectivity index (χ4n) is 1.32. The minimum atomic E-state index is 0.379. The summed E-state index contributed by atoms with van der Waals surface area (Å²) in [6, 6.07) is 7.87. The summed E-state index contributed by atoms with van der Waals surface area (Å²) in [6.07, 6.45) is 0. The van der Waals surface area contributed by atoms with Crippen LogP contribution in [0.25, 0.3) is 0 Å². The van der Waals surface area contributed by atoms with E-state index < -0.39 is 0 Å². The maximum absolute atomic E-state index is 5.60. The van der Waals surface area contributed by atoms with E-state index in [-0.39, 0.29) is 0 Å². The first-order valence-corrected chi connectivity index (χ1v) is 5.32. The summed E-state index contributed by atoms with van der Waals surface area (Å²) in [4.78, 5) is 0. The van der Waals surface area contributed by atoms with Gasteiger partial charge in [0.1, 0.15) is 12.4 Å². The van der Waals surface area contributed by atoms with Crippen molar-refractivity contribution in [3.05, 3.63) is 35.7 Å². The largest absolute Gasteiger partial charge is 0.740 e. The molecule has 0 radical (unpaired) electrons. The van der Waals surface area contributed by atoms with Crippen LogP contribution >= 0.6 is 0 Å². The van der Waals surface area contributed by atoms with Gasteiger partial charge in [-0.15, -0.1) is 5.10 Å². The second kappa shape index (κ2) is 4.49. The van der Waals surface area contributed by atoms with Crippen molar-refractivity contribution in [2.45, 2.75) is 18.7 Å². The molecule has 0 atom stereocenters. The lowest BCUT2D eigenvalue weighted by Gasteiger charge is -2.08. The molecule has 1 heterocycles.